The Bertz CT molecular complexity index is 415. The molecule has 0 spiro atoms. The zero-order valence-corrected chi connectivity index (χ0v) is 8.07. The molecule has 2 rings (SSSR count). The van der Waals surface area contributed by atoms with Gasteiger partial charge in [-0.15, -0.1) is 12.6 Å². The van der Waals surface area contributed by atoms with Crippen LogP contribution in [0, 0.1) is 0 Å². The minimum atomic E-state index is 1.06. The highest BCUT2D eigenvalue weighted by atomic mass is 32.1. The molecule has 0 fully saturated rings. The van der Waals surface area contributed by atoms with Crippen molar-refractivity contribution in [2.75, 3.05) is 0 Å². The van der Waals surface area contributed by atoms with Gasteiger partial charge in [-0.25, -0.2) is 0 Å². The minimum Gasteiger partial charge on any atom is -0.143 e. The van der Waals surface area contributed by atoms with Crippen LogP contribution in [0.25, 0.3) is 11.6 Å². The number of benzene rings is 1. The van der Waals surface area contributed by atoms with Crippen LogP contribution >= 0.6 is 12.6 Å². The number of rotatable bonds is 0. The van der Waals surface area contributed by atoms with E-state index in [2.05, 4.69) is 43.8 Å². The molecule has 0 atom stereocenters. The van der Waals surface area contributed by atoms with E-state index >= 15 is 0 Å². The van der Waals surface area contributed by atoms with Crippen molar-refractivity contribution in [3.05, 3.63) is 28.6 Å². The highest BCUT2D eigenvalue weighted by Gasteiger charge is 1.98. The molecule has 62 valence electrons. The van der Waals surface area contributed by atoms with Crippen molar-refractivity contribution < 1.29 is 0 Å². The van der Waals surface area contributed by atoms with Crippen LogP contribution in [-0.2, 0) is 0 Å². The molecule has 0 aliphatic heterocycles. The summed E-state index contributed by atoms with van der Waals surface area (Å²) < 4.78 is 0. The third-order valence-corrected chi connectivity index (χ3v) is 2.66. The molecule has 1 aliphatic carbocycles. The minimum absolute atomic E-state index is 1.06. The highest BCUT2D eigenvalue weighted by molar-refractivity contribution is 7.80. The molecule has 0 heterocycles. The molecule has 12 heavy (non-hydrogen) atoms. The van der Waals surface area contributed by atoms with Crippen molar-refractivity contribution >= 4 is 24.3 Å². The first kappa shape index (κ1) is 7.93. The molecule has 1 aromatic carbocycles. The molecule has 0 radical (unpaired) electrons. The van der Waals surface area contributed by atoms with Crippen molar-refractivity contribution in [1.29, 1.82) is 0 Å². The number of thiol groups is 1. The van der Waals surface area contributed by atoms with Gasteiger partial charge < -0.3 is 0 Å². The van der Waals surface area contributed by atoms with Gasteiger partial charge in [-0.05, 0) is 42.3 Å². The summed E-state index contributed by atoms with van der Waals surface area (Å²) in [7, 11) is 0. The fourth-order valence-corrected chi connectivity index (χ4v) is 1.90. The molecule has 0 bridgehead atoms. The third kappa shape index (κ3) is 1.29. The second-order valence-corrected chi connectivity index (χ2v) is 3.81. The Morgan fingerprint density at radius 1 is 1.33 bits per heavy atom. The Morgan fingerprint density at radius 2 is 2.17 bits per heavy atom. The molecule has 0 aromatic heterocycles. The predicted octanol–water partition coefficient (Wildman–Crippen LogP) is 1.72. The lowest BCUT2D eigenvalue weighted by atomic mass is 10.0. The molecule has 0 saturated heterocycles. The number of hydrogen-bond donors (Lipinski definition) is 1. The van der Waals surface area contributed by atoms with Gasteiger partial charge in [-0.3, -0.25) is 0 Å². The van der Waals surface area contributed by atoms with E-state index in [9.17, 15) is 0 Å². The highest BCUT2D eigenvalue weighted by Crippen LogP contribution is 2.07. The summed E-state index contributed by atoms with van der Waals surface area (Å²) in [5.41, 5.74) is 1.50. The maximum atomic E-state index is 4.32. The Kier molecular flexibility index (Phi) is 1.97. The predicted molar refractivity (Wildman–Crippen MR) is 55.7 cm³/mol. The summed E-state index contributed by atoms with van der Waals surface area (Å²) in [6, 6.07) is 6.37. The van der Waals surface area contributed by atoms with Crippen LogP contribution in [0.15, 0.2) is 23.1 Å². The maximum absolute atomic E-state index is 4.32. The van der Waals surface area contributed by atoms with Gasteiger partial charge in [0.1, 0.15) is 0 Å². The fourth-order valence-electron chi connectivity index (χ4n) is 1.69. The van der Waals surface area contributed by atoms with Crippen LogP contribution in [0.3, 0.4) is 0 Å². The van der Waals surface area contributed by atoms with Crippen molar-refractivity contribution in [1.82, 2.24) is 0 Å². The summed E-state index contributed by atoms with van der Waals surface area (Å²) in [5.74, 6) is 0. The molecule has 1 aromatic rings. The van der Waals surface area contributed by atoms with Gasteiger partial charge in [0.15, 0.2) is 0 Å². The summed E-state index contributed by atoms with van der Waals surface area (Å²) in [5, 5.41) is 2.75. The standard InChI is InChI=1S/C11H12S/c1-8-3-2-4-9-7-10(12)5-6-11(8)9/h4-7,12H,2-3H2,1H3. The molecule has 0 amide bonds. The van der Waals surface area contributed by atoms with Crippen LogP contribution in [0.1, 0.15) is 19.8 Å². The average molecular weight is 176 g/mol. The van der Waals surface area contributed by atoms with E-state index in [1.54, 1.807) is 0 Å². The lowest BCUT2D eigenvalue weighted by Gasteiger charge is -2.05. The van der Waals surface area contributed by atoms with E-state index in [-0.39, 0.29) is 0 Å². The zero-order valence-electron chi connectivity index (χ0n) is 7.17. The first-order chi connectivity index (χ1) is 5.77. The van der Waals surface area contributed by atoms with Crippen LogP contribution in [-0.4, -0.2) is 0 Å². The molecular formula is C11H12S. The Labute approximate surface area is 78.0 Å². The zero-order chi connectivity index (χ0) is 8.55. The second-order valence-electron chi connectivity index (χ2n) is 3.29. The van der Waals surface area contributed by atoms with E-state index in [4.69, 9.17) is 0 Å². The van der Waals surface area contributed by atoms with Crippen molar-refractivity contribution in [2.45, 2.75) is 24.7 Å². The van der Waals surface area contributed by atoms with Crippen LogP contribution in [0.5, 0.6) is 0 Å². The summed E-state index contributed by atoms with van der Waals surface area (Å²) in [4.78, 5) is 1.06. The molecule has 0 saturated carbocycles. The molecular weight excluding hydrogens is 164 g/mol. The SMILES string of the molecule is CC1=c2ccc(S)cc2=CCC1. The fraction of sp³-hybridized carbons (Fsp3) is 0.273. The van der Waals surface area contributed by atoms with Crippen LogP contribution < -0.4 is 10.4 Å². The maximum Gasteiger partial charge on any atom is 0.00462 e. The van der Waals surface area contributed by atoms with E-state index in [1.165, 1.54) is 28.9 Å². The quantitative estimate of drug-likeness (QED) is 0.572. The van der Waals surface area contributed by atoms with Gasteiger partial charge in [0.25, 0.3) is 0 Å². The molecule has 1 heteroatoms. The van der Waals surface area contributed by atoms with Gasteiger partial charge in [0, 0.05) is 4.90 Å². The van der Waals surface area contributed by atoms with Gasteiger partial charge in [-0.1, -0.05) is 17.7 Å². The summed E-state index contributed by atoms with van der Waals surface area (Å²) in [6.07, 6.45) is 4.68. The first-order valence-electron chi connectivity index (χ1n) is 4.26. The Hall–Kier alpha value is -0.690. The van der Waals surface area contributed by atoms with Crippen molar-refractivity contribution in [2.24, 2.45) is 0 Å². The van der Waals surface area contributed by atoms with Crippen molar-refractivity contribution in [3.8, 4) is 0 Å². The third-order valence-electron chi connectivity index (χ3n) is 2.38. The molecule has 0 unspecified atom stereocenters. The largest absolute Gasteiger partial charge is 0.143 e. The number of hydrogen-bond acceptors (Lipinski definition) is 1. The van der Waals surface area contributed by atoms with E-state index in [1.807, 2.05) is 0 Å². The summed E-state index contributed by atoms with van der Waals surface area (Å²) in [6.45, 7) is 2.21. The van der Waals surface area contributed by atoms with Crippen molar-refractivity contribution in [3.63, 3.8) is 0 Å². The topological polar surface area (TPSA) is 0 Å². The van der Waals surface area contributed by atoms with Gasteiger partial charge in [0.05, 0.1) is 0 Å². The van der Waals surface area contributed by atoms with Crippen LogP contribution in [0.2, 0.25) is 0 Å². The molecule has 0 nitrogen and oxygen atoms in total. The average Bonchev–Trinajstić information content (AvgIpc) is 2.04. The van der Waals surface area contributed by atoms with Gasteiger partial charge >= 0.3 is 0 Å². The lowest BCUT2D eigenvalue weighted by Crippen LogP contribution is -2.28. The first-order valence-corrected chi connectivity index (χ1v) is 4.71. The normalized spacial score (nSPS) is 15.3. The van der Waals surface area contributed by atoms with E-state index in [0.29, 0.717) is 0 Å². The van der Waals surface area contributed by atoms with E-state index in [0.717, 1.165) is 4.90 Å². The summed E-state index contributed by atoms with van der Waals surface area (Å²) >= 11 is 4.32. The molecule has 1 aliphatic rings. The monoisotopic (exact) mass is 176 g/mol. The molecule has 0 N–H and O–H groups in total. The van der Waals surface area contributed by atoms with Gasteiger partial charge in [0.2, 0.25) is 0 Å². The van der Waals surface area contributed by atoms with Crippen LogP contribution in [0.4, 0.5) is 0 Å². The Balaban J connectivity index is 2.85. The Morgan fingerprint density at radius 3 is 3.00 bits per heavy atom. The van der Waals surface area contributed by atoms with E-state index < -0.39 is 0 Å². The lowest BCUT2D eigenvalue weighted by molar-refractivity contribution is 1.06. The number of fused-ring (bicyclic) bond motifs is 1. The second kappa shape index (κ2) is 2.98. The van der Waals surface area contributed by atoms with Gasteiger partial charge in [-0.2, -0.15) is 0 Å². The smallest absolute Gasteiger partial charge is 0.00462 e.